The smallest absolute Gasteiger partial charge is 0.294 e. The first kappa shape index (κ1) is 12.7. The third-order valence-electron chi connectivity index (χ3n) is 2.76. The van der Waals surface area contributed by atoms with E-state index in [1.807, 2.05) is 0 Å². The Bertz CT molecular complexity index is 717. The summed E-state index contributed by atoms with van der Waals surface area (Å²) in [6, 6.07) is 9.84. The van der Waals surface area contributed by atoms with Gasteiger partial charge in [0.05, 0.1) is 0 Å². The zero-order chi connectivity index (χ0) is 13.3. The highest BCUT2D eigenvalue weighted by Gasteiger charge is 2.22. The molecule has 0 amide bonds. The second-order valence-electron chi connectivity index (χ2n) is 3.92. The Balaban J connectivity index is 2.93. The first-order valence-corrected chi connectivity index (χ1v) is 6.91. The number of rotatable bonds is 3. The summed E-state index contributed by atoms with van der Waals surface area (Å²) in [7, 11) is -4.44. The summed E-state index contributed by atoms with van der Waals surface area (Å²) in [5.41, 5.74) is 0.0405. The minimum absolute atomic E-state index is 0.0405. The van der Waals surface area contributed by atoms with E-state index in [4.69, 9.17) is 0 Å². The summed E-state index contributed by atoms with van der Waals surface area (Å²) < 4.78 is 32.3. The van der Waals surface area contributed by atoms with Crippen LogP contribution in [-0.4, -0.2) is 18.8 Å². The van der Waals surface area contributed by atoms with Gasteiger partial charge in [-0.05, 0) is 11.5 Å². The van der Waals surface area contributed by atoms with Crippen LogP contribution in [-0.2, 0) is 10.1 Å². The van der Waals surface area contributed by atoms with Crippen LogP contribution >= 0.6 is 0 Å². The van der Waals surface area contributed by atoms with Crippen LogP contribution in [0.5, 0.6) is 0 Å². The largest absolute Gasteiger partial charge is 0.295 e. The van der Waals surface area contributed by atoms with Gasteiger partial charge in [-0.1, -0.05) is 37.3 Å². The molecule has 0 aliphatic carbocycles. The molecule has 2 rings (SSSR count). The van der Waals surface area contributed by atoms with E-state index in [0.29, 0.717) is 10.8 Å². The third-order valence-corrected chi connectivity index (χ3v) is 3.71. The molecule has 2 aromatic rings. The maximum absolute atomic E-state index is 11.7. The summed E-state index contributed by atoms with van der Waals surface area (Å²) in [5.74, 6) is -0.312. The lowest BCUT2D eigenvalue weighted by atomic mass is 10.0. The van der Waals surface area contributed by atoms with Crippen molar-refractivity contribution in [2.75, 3.05) is 0 Å². The molecule has 0 atom stereocenters. The molecular weight excluding hydrogens is 252 g/mol. The third kappa shape index (κ3) is 2.14. The maximum atomic E-state index is 11.7. The first-order chi connectivity index (χ1) is 8.45. The van der Waals surface area contributed by atoms with Gasteiger partial charge in [0.25, 0.3) is 10.1 Å². The van der Waals surface area contributed by atoms with Crippen LogP contribution in [0, 0.1) is 0 Å². The van der Waals surface area contributed by atoms with Gasteiger partial charge in [0.15, 0.2) is 5.78 Å². The molecule has 0 saturated carbocycles. The van der Waals surface area contributed by atoms with Gasteiger partial charge in [-0.3, -0.25) is 9.35 Å². The molecule has 0 aromatic heterocycles. The van der Waals surface area contributed by atoms with Gasteiger partial charge in [0.1, 0.15) is 4.90 Å². The number of benzene rings is 2. The van der Waals surface area contributed by atoms with E-state index in [1.54, 1.807) is 37.3 Å². The Morgan fingerprint density at radius 2 is 1.83 bits per heavy atom. The summed E-state index contributed by atoms with van der Waals surface area (Å²) in [5, 5.41) is 1.03. The molecule has 5 heteroatoms. The Hall–Kier alpha value is -1.72. The predicted octanol–water partition coefficient (Wildman–Crippen LogP) is 2.68. The Morgan fingerprint density at radius 1 is 1.17 bits per heavy atom. The van der Waals surface area contributed by atoms with Gasteiger partial charge < -0.3 is 0 Å². The van der Waals surface area contributed by atoms with Crippen molar-refractivity contribution in [2.45, 2.75) is 18.2 Å². The van der Waals surface area contributed by atoms with Gasteiger partial charge >= 0.3 is 0 Å². The van der Waals surface area contributed by atoms with E-state index in [9.17, 15) is 17.8 Å². The molecule has 0 fully saturated rings. The van der Waals surface area contributed by atoms with Crippen LogP contribution in [0.15, 0.2) is 41.3 Å². The van der Waals surface area contributed by atoms with Gasteiger partial charge in [-0.25, -0.2) is 0 Å². The minimum atomic E-state index is -4.44. The van der Waals surface area contributed by atoms with Crippen molar-refractivity contribution in [2.24, 2.45) is 0 Å². The van der Waals surface area contributed by atoms with Crippen molar-refractivity contribution in [3.8, 4) is 0 Å². The van der Waals surface area contributed by atoms with Crippen molar-refractivity contribution >= 4 is 26.7 Å². The lowest BCUT2D eigenvalue weighted by molar-refractivity contribution is 0.0985. The van der Waals surface area contributed by atoms with Gasteiger partial charge in [0.2, 0.25) is 0 Å². The molecule has 0 aliphatic heterocycles. The topological polar surface area (TPSA) is 71.4 Å². The quantitative estimate of drug-likeness (QED) is 0.683. The molecule has 0 bridgehead atoms. The monoisotopic (exact) mass is 264 g/mol. The van der Waals surface area contributed by atoms with Crippen molar-refractivity contribution in [1.29, 1.82) is 0 Å². The molecule has 0 spiro atoms. The van der Waals surface area contributed by atoms with Gasteiger partial charge in [-0.15, -0.1) is 0 Å². The molecule has 0 saturated heterocycles. The highest BCUT2D eigenvalue weighted by Crippen LogP contribution is 2.27. The first-order valence-electron chi connectivity index (χ1n) is 5.47. The van der Waals surface area contributed by atoms with Crippen LogP contribution in [0.2, 0.25) is 0 Å². The average molecular weight is 264 g/mol. The van der Waals surface area contributed by atoms with Crippen molar-refractivity contribution < 1.29 is 17.8 Å². The van der Waals surface area contributed by atoms with E-state index in [0.717, 1.165) is 0 Å². The second-order valence-corrected chi connectivity index (χ2v) is 5.27. The molecule has 4 nitrogen and oxygen atoms in total. The fourth-order valence-corrected chi connectivity index (χ4v) is 2.85. The normalized spacial score (nSPS) is 11.7. The maximum Gasteiger partial charge on any atom is 0.295 e. The minimum Gasteiger partial charge on any atom is -0.294 e. The molecular formula is C13H12O4S. The summed E-state index contributed by atoms with van der Waals surface area (Å²) in [6.45, 7) is 1.64. The molecule has 1 N–H and O–H groups in total. The molecule has 0 heterocycles. The molecule has 94 valence electrons. The summed E-state index contributed by atoms with van der Waals surface area (Å²) in [6.07, 6.45) is 0.181. The number of ketones is 1. The molecule has 0 unspecified atom stereocenters. The van der Waals surface area contributed by atoms with Crippen LogP contribution in [0.25, 0.3) is 10.8 Å². The van der Waals surface area contributed by atoms with Crippen LogP contribution in [0.4, 0.5) is 0 Å². The molecule has 18 heavy (non-hydrogen) atoms. The van der Waals surface area contributed by atoms with Crippen LogP contribution in [0.1, 0.15) is 23.7 Å². The number of fused-ring (bicyclic) bond motifs is 1. The van der Waals surface area contributed by atoms with Crippen LogP contribution < -0.4 is 0 Å². The van der Waals surface area contributed by atoms with Crippen molar-refractivity contribution in [3.63, 3.8) is 0 Å². The average Bonchev–Trinajstić information content (AvgIpc) is 2.35. The number of carbonyl (C=O) groups is 1. The fourth-order valence-electron chi connectivity index (χ4n) is 1.93. The Kier molecular flexibility index (Phi) is 3.19. The SMILES string of the molecule is CCC(=O)c1ccc2ccccc2c1S(=O)(=O)O. The number of hydrogen-bond donors (Lipinski definition) is 1. The lowest BCUT2D eigenvalue weighted by Crippen LogP contribution is -2.08. The van der Waals surface area contributed by atoms with Gasteiger partial charge in [0, 0.05) is 17.4 Å². The Labute approximate surface area is 105 Å². The van der Waals surface area contributed by atoms with Crippen molar-refractivity contribution in [1.82, 2.24) is 0 Å². The van der Waals surface area contributed by atoms with Gasteiger partial charge in [-0.2, -0.15) is 8.42 Å². The van der Waals surface area contributed by atoms with E-state index in [2.05, 4.69) is 0 Å². The number of carbonyl (C=O) groups excluding carboxylic acids is 1. The standard InChI is InChI=1S/C13H12O4S/c1-2-12(14)11-8-7-9-5-3-4-6-10(9)13(11)18(15,16)17/h3-8H,2H2,1H3,(H,15,16,17). The summed E-state index contributed by atoms with van der Waals surface area (Å²) >= 11 is 0. The van der Waals surface area contributed by atoms with E-state index < -0.39 is 10.1 Å². The van der Waals surface area contributed by atoms with E-state index in [-0.39, 0.29) is 22.7 Å². The number of hydrogen-bond acceptors (Lipinski definition) is 3. The van der Waals surface area contributed by atoms with Crippen molar-refractivity contribution in [3.05, 3.63) is 42.0 Å². The van der Waals surface area contributed by atoms with E-state index in [1.165, 1.54) is 6.07 Å². The lowest BCUT2D eigenvalue weighted by Gasteiger charge is -2.09. The molecule has 0 radical (unpaired) electrons. The summed E-state index contributed by atoms with van der Waals surface area (Å²) in [4.78, 5) is 11.5. The Morgan fingerprint density at radius 3 is 2.44 bits per heavy atom. The highest BCUT2D eigenvalue weighted by atomic mass is 32.2. The number of Topliss-reactive ketones (excluding diaryl/α,β-unsaturated/α-hetero) is 1. The predicted molar refractivity (Wildman–Crippen MR) is 68.4 cm³/mol. The van der Waals surface area contributed by atoms with Crippen LogP contribution in [0.3, 0.4) is 0 Å². The second kappa shape index (κ2) is 4.51. The zero-order valence-electron chi connectivity index (χ0n) is 9.75. The zero-order valence-corrected chi connectivity index (χ0v) is 10.6. The molecule has 2 aromatic carbocycles. The fraction of sp³-hybridized carbons (Fsp3) is 0.154. The molecule has 0 aliphatic rings. The van der Waals surface area contributed by atoms with E-state index >= 15 is 0 Å². The highest BCUT2D eigenvalue weighted by molar-refractivity contribution is 7.86.